The van der Waals surface area contributed by atoms with Crippen molar-refractivity contribution in [3.05, 3.63) is 17.7 Å². The monoisotopic (exact) mass is 183 g/mol. The number of phenols is 1. The first kappa shape index (κ1) is 9.67. The number of nitrogens with two attached hydrogens (primary N) is 1. The minimum absolute atomic E-state index is 0.0201. The zero-order valence-electron chi connectivity index (χ0n) is 7.61. The van der Waals surface area contributed by atoms with Crippen molar-refractivity contribution in [2.24, 2.45) is 0 Å². The molecule has 0 radical (unpaired) electrons. The number of nitrogen functional groups attached to an aromatic ring is 1. The maximum absolute atomic E-state index is 9.39. The molecule has 0 amide bonds. The predicted molar refractivity (Wildman–Crippen MR) is 49.7 cm³/mol. The number of anilines is 1. The molecule has 0 aromatic heterocycles. The number of ether oxygens (including phenoxy) is 1. The van der Waals surface area contributed by atoms with E-state index in [1.807, 2.05) is 0 Å². The molecule has 0 spiro atoms. The Balaban J connectivity index is 3.30. The Kier molecular flexibility index (Phi) is 2.63. The first-order valence-corrected chi connectivity index (χ1v) is 3.91. The van der Waals surface area contributed by atoms with Crippen molar-refractivity contribution < 1.29 is 14.9 Å². The van der Waals surface area contributed by atoms with E-state index in [9.17, 15) is 10.2 Å². The van der Waals surface area contributed by atoms with Crippen LogP contribution in [-0.2, 0) is 0 Å². The molecule has 0 aliphatic carbocycles. The lowest BCUT2D eigenvalue weighted by atomic mass is 10.1. The molecule has 0 fully saturated rings. The second-order valence-corrected chi connectivity index (χ2v) is 2.79. The quantitative estimate of drug-likeness (QED) is 0.599. The molecule has 4 nitrogen and oxygen atoms in total. The van der Waals surface area contributed by atoms with E-state index in [1.165, 1.54) is 20.1 Å². The van der Waals surface area contributed by atoms with Crippen LogP contribution in [0.1, 0.15) is 18.6 Å². The normalized spacial score (nSPS) is 12.5. The van der Waals surface area contributed by atoms with Gasteiger partial charge in [0.2, 0.25) is 0 Å². The van der Waals surface area contributed by atoms with Crippen LogP contribution in [-0.4, -0.2) is 17.3 Å². The van der Waals surface area contributed by atoms with Crippen LogP contribution in [0.4, 0.5) is 5.69 Å². The van der Waals surface area contributed by atoms with Crippen molar-refractivity contribution in [1.29, 1.82) is 0 Å². The van der Waals surface area contributed by atoms with E-state index in [-0.39, 0.29) is 11.4 Å². The summed E-state index contributed by atoms with van der Waals surface area (Å²) in [7, 11) is 1.48. The van der Waals surface area contributed by atoms with Gasteiger partial charge in [-0.3, -0.25) is 0 Å². The highest BCUT2D eigenvalue weighted by Crippen LogP contribution is 2.36. The number of aliphatic hydroxyl groups excluding tert-OH is 1. The average Bonchev–Trinajstić information content (AvgIpc) is 2.04. The smallest absolute Gasteiger partial charge is 0.142 e. The topological polar surface area (TPSA) is 75.7 Å². The molecule has 0 saturated carbocycles. The summed E-state index contributed by atoms with van der Waals surface area (Å²) in [5.74, 6) is 0.432. The molecule has 0 aliphatic rings. The van der Waals surface area contributed by atoms with Crippen molar-refractivity contribution in [2.45, 2.75) is 13.0 Å². The Morgan fingerprint density at radius 1 is 1.46 bits per heavy atom. The summed E-state index contributed by atoms with van der Waals surface area (Å²) in [5.41, 5.74) is 6.23. The summed E-state index contributed by atoms with van der Waals surface area (Å²) < 4.78 is 4.94. The highest BCUT2D eigenvalue weighted by molar-refractivity contribution is 5.63. The van der Waals surface area contributed by atoms with E-state index in [1.54, 1.807) is 6.07 Å². The van der Waals surface area contributed by atoms with Gasteiger partial charge in [0.25, 0.3) is 0 Å². The first-order chi connectivity index (χ1) is 6.07. The first-order valence-electron chi connectivity index (χ1n) is 3.91. The fourth-order valence-corrected chi connectivity index (χ4v) is 1.22. The molecule has 0 heterocycles. The van der Waals surface area contributed by atoms with Crippen LogP contribution in [0, 0.1) is 0 Å². The average molecular weight is 183 g/mol. The zero-order chi connectivity index (χ0) is 10.0. The Morgan fingerprint density at radius 3 is 2.54 bits per heavy atom. The number of phenolic OH excluding ortho intramolecular Hbond substituents is 1. The maximum atomic E-state index is 9.39. The van der Waals surface area contributed by atoms with Gasteiger partial charge in [0.05, 0.1) is 18.9 Å². The third kappa shape index (κ3) is 1.67. The van der Waals surface area contributed by atoms with Gasteiger partial charge in [-0.2, -0.15) is 0 Å². The van der Waals surface area contributed by atoms with Gasteiger partial charge in [0, 0.05) is 5.56 Å². The van der Waals surface area contributed by atoms with Crippen LogP contribution in [0.2, 0.25) is 0 Å². The summed E-state index contributed by atoms with van der Waals surface area (Å²) in [6.07, 6.45) is -0.810. The van der Waals surface area contributed by atoms with Gasteiger partial charge in [0.15, 0.2) is 0 Å². The van der Waals surface area contributed by atoms with E-state index < -0.39 is 6.10 Å². The minimum Gasteiger partial charge on any atom is -0.507 e. The third-order valence-electron chi connectivity index (χ3n) is 1.86. The minimum atomic E-state index is -0.810. The highest BCUT2D eigenvalue weighted by Gasteiger charge is 2.14. The van der Waals surface area contributed by atoms with E-state index in [2.05, 4.69) is 0 Å². The molecule has 72 valence electrons. The number of benzene rings is 1. The fourth-order valence-electron chi connectivity index (χ4n) is 1.22. The predicted octanol–water partition coefficient (Wildman–Crippen LogP) is 1.04. The molecule has 1 aromatic rings. The van der Waals surface area contributed by atoms with Crippen molar-refractivity contribution in [1.82, 2.24) is 0 Å². The number of rotatable bonds is 2. The second kappa shape index (κ2) is 3.53. The van der Waals surface area contributed by atoms with Crippen molar-refractivity contribution in [3.8, 4) is 11.5 Å². The zero-order valence-corrected chi connectivity index (χ0v) is 7.61. The van der Waals surface area contributed by atoms with Crippen molar-refractivity contribution in [3.63, 3.8) is 0 Å². The molecule has 1 aromatic carbocycles. The lowest BCUT2D eigenvalue weighted by molar-refractivity contribution is 0.195. The van der Waals surface area contributed by atoms with E-state index >= 15 is 0 Å². The van der Waals surface area contributed by atoms with E-state index in [0.29, 0.717) is 11.3 Å². The van der Waals surface area contributed by atoms with Gasteiger partial charge in [-0.15, -0.1) is 0 Å². The van der Waals surface area contributed by atoms with E-state index in [0.717, 1.165) is 0 Å². The highest BCUT2D eigenvalue weighted by atomic mass is 16.5. The number of methoxy groups -OCH3 is 1. The summed E-state index contributed by atoms with van der Waals surface area (Å²) in [6.45, 7) is 1.53. The molecule has 1 rings (SSSR count). The molecule has 13 heavy (non-hydrogen) atoms. The van der Waals surface area contributed by atoms with Crippen molar-refractivity contribution >= 4 is 5.69 Å². The van der Waals surface area contributed by atoms with Crippen LogP contribution in [0.15, 0.2) is 12.1 Å². The Labute approximate surface area is 76.6 Å². The lowest BCUT2D eigenvalue weighted by Gasteiger charge is -2.13. The molecule has 1 unspecified atom stereocenters. The molecular weight excluding hydrogens is 170 g/mol. The van der Waals surface area contributed by atoms with Crippen LogP contribution >= 0.6 is 0 Å². The van der Waals surface area contributed by atoms with E-state index in [4.69, 9.17) is 10.5 Å². The largest absolute Gasteiger partial charge is 0.507 e. The standard InChI is InChI=1S/C9H13NO3/c1-5(11)8-6(12)3-4-7(13-2)9(8)10/h3-5,11-12H,10H2,1-2H3. The van der Waals surface area contributed by atoms with Gasteiger partial charge in [-0.25, -0.2) is 0 Å². The van der Waals surface area contributed by atoms with Crippen LogP contribution < -0.4 is 10.5 Å². The molecule has 4 heteroatoms. The number of hydrogen-bond donors (Lipinski definition) is 3. The summed E-state index contributed by atoms with van der Waals surface area (Å²) in [4.78, 5) is 0. The molecular formula is C9H13NO3. The summed E-state index contributed by atoms with van der Waals surface area (Å²) in [6, 6.07) is 2.99. The van der Waals surface area contributed by atoms with Gasteiger partial charge in [-0.1, -0.05) is 0 Å². The molecule has 0 bridgehead atoms. The van der Waals surface area contributed by atoms with Gasteiger partial charge < -0.3 is 20.7 Å². The van der Waals surface area contributed by atoms with Crippen LogP contribution in [0.25, 0.3) is 0 Å². The number of aliphatic hydroxyl groups is 1. The van der Waals surface area contributed by atoms with Crippen LogP contribution in [0.3, 0.4) is 0 Å². The molecule has 0 aliphatic heterocycles. The van der Waals surface area contributed by atoms with Gasteiger partial charge >= 0.3 is 0 Å². The summed E-state index contributed by atoms with van der Waals surface area (Å²) in [5, 5.41) is 18.7. The molecule has 0 saturated heterocycles. The maximum Gasteiger partial charge on any atom is 0.142 e. The second-order valence-electron chi connectivity index (χ2n) is 2.79. The Bertz CT molecular complexity index is 310. The fraction of sp³-hybridized carbons (Fsp3) is 0.333. The van der Waals surface area contributed by atoms with Gasteiger partial charge in [0.1, 0.15) is 11.5 Å². The lowest BCUT2D eigenvalue weighted by Crippen LogP contribution is -2.01. The Hall–Kier alpha value is -1.42. The number of aromatic hydroxyl groups is 1. The Morgan fingerprint density at radius 2 is 2.08 bits per heavy atom. The van der Waals surface area contributed by atoms with Gasteiger partial charge in [-0.05, 0) is 19.1 Å². The molecule has 1 atom stereocenters. The summed E-state index contributed by atoms with van der Waals surface area (Å²) >= 11 is 0. The third-order valence-corrected chi connectivity index (χ3v) is 1.86. The van der Waals surface area contributed by atoms with Crippen LogP contribution in [0.5, 0.6) is 11.5 Å². The molecule has 4 N–H and O–H groups in total. The SMILES string of the molecule is COc1ccc(O)c(C(C)O)c1N. The van der Waals surface area contributed by atoms with Crippen molar-refractivity contribution in [2.75, 3.05) is 12.8 Å². The number of hydrogen-bond acceptors (Lipinski definition) is 4.